The molecule has 4 nitrogen and oxygen atoms in total. The summed E-state index contributed by atoms with van der Waals surface area (Å²) in [5, 5.41) is 13.7. The molecule has 1 amide bonds. The summed E-state index contributed by atoms with van der Waals surface area (Å²) in [6.45, 7) is 4.89. The van der Waals surface area contributed by atoms with Crippen LogP contribution < -0.4 is 0 Å². The Hall–Kier alpha value is -0.610. The van der Waals surface area contributed by atoms with E-state index in [-0.39, 0.29) is 5.91 Å². The topological polar surface area (TPSA) is 43.8 Å². The second-order valence-electron chi connectivity index (χ2n) is 5.27. The maximum Gasteiger partial charge on any atom is 0.238 e. The molecule has 1 aliphatic heterocycles. The van der Waals surface area contributed by atoms with Gasteiger partial charge in [-0.05, 0) is 33.1 Å². The number of aliphatic hydroxyl groups is 1. The van der Waals surface area contributed by atoms with Crippen LogP contribution in [0.4, 0.5) is 0 Å². The molecule has 15 heavy (non-hydrogen) atoms. The third-order valence-electron chi connectivity index (χ3n) is 3.13. The molecule has 1 saturated carbocycles. The highest BCUT2D eigenvalue weighted by molar-refractivity contribution is 5.78. The Kier molecular flexibility index (Phi) is 2.73. The van der Waals surface area contributed by atoms with Crippen molar-refractivity contribution in [3.05, 3.63) is 0 Å². The van der Waals surface area contributed by atoms with Crippen molar-refractivity contribution in [3.63, 3.8) is 0 Å². The monoisotopic (exact) mass is 212 g/mol. The number of carbonyl (C=O) groups is 1. The summed E-state index contributed by atoms with van der Waals surface area (Å²) in [4.78, 5) is 11.7. The normalized spacial score (nSPS) is 24.7. The minimum Gasteiger partial charge on any atom is -0.389 e. The molecule has 0 aromatic carbocycles. The largest absolute Gasteiger partial charge is 0.389 e. The van der Waals surface area contributed by atoms with Crippen LogP contribution in [0.2, 0.25) is 0 Å². The summed E-state index contributed by atoms with van der Waals surface area (Å²) in [5.74, 6) is 0.226. The SMILES string of the molecule is CC(C)(O)CN1CCC(=O)N1C1CCC1. The zero-order valence-electron chi connectivity index (χ0n) is 9.57. The van der Waals surface area contributed by atoms with Crippen molar-refractivity contribution in [2.24, 2.45) is 0 Å². The number of hydrazine groups is 1. The number of β-amino-alcohol motifs (C(OH)–C–C–N with tert-alkyl or cyclic N) is 1. The number of hydrogen-bond acceptors (Lipinski definition) is 3. The molecule has 0 radical (unpaired) electrons. The fourth-order valence-corrected chi connectivity index (χ4v) is 2.27. The van der Waals surface area contributed by atoms with Crippen LogP contribution in [-0.2, 0) is 4.79 Å². The highest BCUT2D eigenvalue weighted by Gasteiger charge is 2.38. The van der Waals surface area contributed by atoms with Crippen molar-refractivity contribution >= 4 is 5.91 Å². The second-order valence-corrected chi connectivity index (χ2v) is 5.27. The van der Waals surface area contributed by atoms with Gasteiger partial charge in [0.25, 0.3) is 0 Å². The van der Waals surface area contributed by atoms with E-state index in [2.05, 4.69) is 0 Å². The smallest absolute Gasteiger partial charge is 0.238 e. The predicted octanol–water partition coefficient (Wildman–Crippen LogP) is 0.759. The minimum absolute atomic E-state index is 0.226. The lowest BCUT2D eigenvalue weighted by Gasteiger charge is -2.41. The van der Waals surface area contributed by atoms with Crippen LogP contribution in [0.15, 0.2) is 0 Å². The first-order valence-electron chi connectivity index (χ1n) is 5.77. The zero-order chi connectivity index (χ0) is 11.1. The predicted molar refractivity (Wildman–Crippen MR) is 57.0 cm³/mol. The van der Waals surface area contributed by atoms with Crippen molar-refractivity contribution in [1.82, 2.24) is 10.0 Å². The molecule has 2 fully saturated rings. The van der Waals surface area contributed by atoms with Gasteiger partial charge in [0.15, 0.2) is 0 Å². The van der Waals surface area contributed by atoms with E-state index < -0.39 is 5.60 Å². The van der Waals surface area contributed by atoms with Gasteiger partial charge >= 0.3 is 0 Å². The van der Waals surface area contributed by atoms with Gasteiger partial charge in [0.2, 0.25) is 5.91 Å². The molecule has 0 bridgehead atoms. The van der Waals surface area contributed by atoms with Gasteiger partial charge < -0.3 is 5.11 Å². The van der Waals surface area contributed by atoms with Gasteiger partial charge in [-0.25, -0.2) is 5.01 Å². The Labute approximate surface area is 90.8 Å². The van der Waals surface area contributed by atoms with Crippen LogP contribution >= 0.6 is 0 Å². The molecule has 1 N–H and O–H groups in total. The Morgan fingerprint density at radius 2 is 2.13 bits per heavy atom. The molecule has 2 aliphatic rings. The van der Waals surface area contributed by atoms with E-state index in [9.17, 15) is 9.90 Å². The molecular formula is C11H20N2O2. The van der Waals surface area contributed by atoms with Crippen LogP contribution in [0.3, 0.4) is 0 Å². The lowest BCUT2D eigenvalue weighted by Crippen LogP contribution is -2.52. The van der Waals surface area contributed by atoms with Gasteiger partial charge in [0.05, 0.1) is 5.60 Å². The number of amides is 1. The molecular weight excluding hydrogens is 192 g/mol. The molecule has 1 saturated heterocycles. The summed E-state index contributed by atoms with van der Waals surface area (Å²) in [7, 11) is 0. The van der Waals surface area contributed by atoms with Gasteiger partial charge in [-0.1, -0.05) is 0 Å². The van der Waals surface area contributed by atoms with E-state index in [0.717, 1.165) is 19.4 Å². The zero-order valence-corrected chi connectivity index (χ0v) is 9.57. The lowest BCUT2D eigenvalue weighted by atomic mass is 9.92. The minimum atomic E-state index is -0.730. The fourth-order valence-electron chi connectivity index (χ4n) is 2.27. The summed E-state index contributed by atoms with van der Waals surface area (Å²) < 4.78 is 0. The maximum absolute atomic E-state index is 11.7. The third kappa shape index (κ3) is 2.32. The summed E-state index contributed by atoms with van der Waals surface area (Å²) in [6, 6.07) is 0.405. The molecule has 1 aliphatic carbocycles. The first kappa shape index (κ1) is 10.9. The van der Waals surface area contributed by atoms with Crippen LogP contribution in [-0.4, -0.2) is 45.8 Å². The van der Waals surface area contributed by atoms with Crippen LogP contribution in [0.1, 0.15) is 39.5 Å². The quantitative estimate of drug-likeness (QED) is 0.751. The van der Waals surface area contributed by atoms with Gasteiger partial charge in [-0.3, -0.25) is 9.80 Å². The summed E-state index contributed by atoms with van der Waals surface area (Å²) in [6.07, 6.45) is 4.07. The highest BCUT2D eigenvalue weighted by atomic mass is 16.3. The van der Waals surface area contributed by atoms with E-state index in [0.29, 0.717) is 19.0 Å². The maximum atomic E-state index is 11.7. The van der Waals surface area contributed by atoms with Gasteiger partial charge in [-0.2, -0.15) is 0 Å². The second kappa shape index (κ2) is 3.76. The standard InChI is InChI=1S/C11H20N2O2/c1-11(2,15)8-12-7-6-10(14)13(12)9-4-3-5-9/h9,15H,3-8H2,1-2H3. The Morgan fingerprint density at radius 3 is 2.60 bits per heavy atom. The number of hydrogen-bond donors (Lipinski definition) is 1. The fraction of sp³-hybridized carbons (Fsp3) is 0.909. The first-order valence-corrected chi connectivity index (χ1v) is 5.77. The van der Waals surface area contributed by atoms with Crippen molar-refractivity contribution in [2.45, 2.75) is 51.2 Å². The molecule has 0 aromatic rings. The highest BCUT2D eigenvalue weighted by Crippen LogP contribution is 2.30. The van der Waals surface area contributed by atoms with E-state index in [1.807, 2.05) is 10.0 Å². The lowest BCUT2D eigenvalue weighted by molar-refractivity contribution is -0.151. The number of carbonyl (C=O) groups excluding carboxylic acids is 1. The molecule has 0 spiro atoms. The summed E-state index contributed by atoms with van der Waals surface area (Å²) in [5.41, 5.74) is -0.730. The van der Waals surface area contributed by atoms with Crippen LogP contribution in [0.25, 0.3) is 0 Å². The Morgan fingerprint density at radius 1 is 1.47 bits per heavy atom. The molecule has 0 unspecified atom stereocenters. The van der Waals surface area contributed by atoms with E-state index in [4.69, 9.17) is 0 Å². The van der Waals surface area contributed by atoms with Crippen molar-refractivity contribution in [2.75, 3.05) is 13.1 Å². The third-order valence-corrected chi connectivity index (χ3v) is 3.13. The van der Waals surface area contributed by atoms with Crippen molar-refractivity contribution in [1.29, 1.82) is 0 Å². The number of rotatable bonds is 3. The molecule has 86 valence electrons. The average Bonchev–Trinajstić information content (AvgIpc) is 2.29. The van der Waals surface area contributed by atoms with Gasteiger partial charge in [0.1, 0.15) is 0 Å². The van der Waals surface area contributed by atoms with E-state index >= 15 is 0 Å². The Balaban J connectivity index is 2.00. The molecule has 1 heterocycles. The molecule has 4 heteroatoms. The van der Waals surface area contributed by atoms with Crippen molar-refractivity contribution in [3.8, 4) is 0 Å². The molecule has 0 atom stereocenters. The van der Waals surface area contributed by atoms with E-state index in [1.165, 1.54) is 6.42 Å². The van der Waals surface area contributed by atoms with E-state index in [1.54, 1.807) is 13.8 Å². The van der Waals surface area contributed by atoms with Crippen LogP contribution in [0, 0.1) is 0 Å². The average molecular weight is 212 g/mol. The Bertz CT molecular complexity index is 256. The van der Waals surface area contributed by atoms with Crippen molar-refractivity contribution < 1.29 is 9.90 Å². The summed E-state index contributed by atoms with van der Waals surface area (Å²) >= 11 is 0. The number of nitrogens with zero attached hydrogens (tertiary/aromatic N) is 2. The molecule has 2 rings (SSSR count). The first-order chi connectivity index (χ1) is 6.97. The van der Waals surface area contributed by atoms with Crippen LogP contribution in [0.5, 0.6) is 0 Å². The van der Waals surface area contributed by atoms with Gasteiger partial charge in [-0.15, -0.1) is 0 Å². The van der Waals surface area contributed by atoms with Gasteiger partial charge in [0, 0.05) is 25.6 Å². The molecule has 0 aromatic heterocycles.